The number of hydrogen-bond donors (Lipinski definition) is 1. The maximum atomic E-state index is 13.5. The second-order valence-corrected chi connectivity index (χ2v) is 7.23. The summed E-state index contributed by atoms with van der Waals surface area (Å²) >= 11 is 0. The van der Waals surface area contributed by atoms with E-state index in [1.807, 2.05) is 23.1 Å². The van der Waals surface area contributed by atoms with Crippen molar-refractivity contribution in [1.29, 1.82) is 0 Å². The first-order valence-corrected chi connectivity index (χ1v) is 9.07. The molecule has 0 spiro atoms. The van der Waals surface area contributed by atoms with Gasteiger partial charge in [-0.3, -0.25) is 4.79 Å². The lowest BCUT2D eigenvalue weighted by Crippen LogP contribution is -2.51. The molecule has 0 atom stereocenters. The highest BCUT2D eigenvalue weighted by Crippen LogP contribution is 2.44. The molecule has 0 bridgehead atoms. The Morgan fingerprint density at radius 1 is 1.08 bits per heavy atom. The number of fused-ring (bicyclic) bond motifs is 1. The molecule has 0 aromatic heterocycles. The predicted octanol–water partition coefficient (Wildman–Crippen LogP) is 2.60. The molecule has 1 saturated carbocycles. The molecule has 130 valence electrons. The van der Waals surface area contributed by atoms with Crippen LogP contribution in [0.15, 0.2) is 18.2 Å². The fourth-order valence-electron chi connectivity index (χ4n) is 4.35. The van der Waals surface area contributed by atoms with E-state index in [1.54, 1.807) is 0 Å². The zero-order chi connectivity index (χ0) is 16.6. The lowest BCUT2D eigenvalue weighted by Gasteiger charge is -2.42. The van der Waals surface area contributed by atoms with E-state index in [9.17, 15) is 9.90 Å². The minimum atomic E-state index is -0.443. The molecule has 1 amide bonds. The van der Waals surface area contributed by atoms with Crippen LogP contribution < -0.4 is 9.47 Å². The van der Waals surface area contributed by atoms with E-state index in [0.717, 1.165) is 42.7 Å². The molecule has 1 saturated heterocycles. The lowest BCUT2D eigenvalue weighted by atomic mass is 9.68. The van der Waals surface area contributed by atoms with Crippen LogP contribution in [0, 0.1) is 0 Å². The van der Waals surface area contributed by atoms with Gasteiger partial charge in [-0.15, -0.1) is 0 Å². The first-order valence-electron chi connectivity index (χ1n) is 9.07. The highest BCUT2D eigenvalue weighted by molar-refractivity contribution is 5.88. The van der Waals surface area contributed by atoms with Crippen LogP contribution in [-0.2, 0) is 10.2 Å². The van der Waals surface area contributed by atoms with E-state index in [2.05, 4.69) is 0 Å². The minimum absolute atomic E-state index is 0.230. The van der Waals surface area contributed by atoms with Gasteiger partial charge >= 0.3 is 0 Å². The van der Waals surface area contributed by atoms with Crippen LogP contribution in [-0.4, -0.2) is 41.9 Å². The van der Waals surface area contributed by atoms with Gasteiger partial charge in [-0.2, -0.15) is 0 Å². The summed E-state index contributed by atoms with van der Waals surface area (Å²) in [5.41, 5.74) is 0.615. The maximum absolute atomic E-state index is 13.5. The van der Waals surface area contributed by atoms with E-state index >= 15 is 0 Å². The highest BCUT2D eigenvalue weighted by atomic mass is 16.7. The molecule has 2 aliphatic heterocycles. The smallest absolute Gasteiger partial charge is 0.233 e. The number of piperidine rings is 1. The molecule has 1 aromatic carbocycles. The van der Waals surface area contributed by atoms with Crippen LogP contribution in [0.5, 0.6) is 11.5 Å². The Hall–Kier alpha value is -1.75. The van der Waals surface area contributed by atoms with Gasteiger partial charge < -0.3 is 19.5 Å². The predicted molar refractivity (Wildman–Crippen MR) is 89.1 cm³/mol. The minimum Gasteiger partial charge on any atom is -0.454 e. The number of hydrogen-bond acceptors (Lipinski definition) is 4. The van der Waals surface area contributed by atoms with Crippen LogP contribution in [0.25, 0.3) is 0 Å². The number of amides is 1. The quantitative estimate of drug-likeness (QED) is 0.905. The molecule has 0 unspecified atom stereocenters. The van der Waals surface area contributed by atoms with Crippen molar-refractivity contribution in [1.82, 2.24) is 4.90 Å². The number of rotatable bonds is 2. The Morgan fingerprint density at radius 3 is 2.54 bits per heavy atom. The van der Waals surface area contributed by atoms with Crippen LogP contribution in [0.1, 0.15) is 50.5 Å². The molecular formula is C19H25NO4. The fourth-order valence-corrected chi connectivity index (χ4v) is 4.35. The molecule has 2 fully saturated rings. The average molecular weight is 331 g/mol. The standard InChI is InChI=1S/C19H25NO4/c21-15-6-10-20(11-7-15)18(22)19(8-2-1-3-9-19)14-4-5-16-17(12-14)24-13-23-16/h4-5,12,15,21H,1-3,6-11,13H2. The van der Waals surface area contributed by atoms with Gasteiger partial charge in [0.2, 0.25) is 12.7 Å². The van der Waals surface area contributed by atoms with Gasteiger partial charge in [0.25, 0.3) is 0 Å². The Labute approximate surface area is 142 Å². The number of carbonyl (C=O) groups is 1. The van der Waals surface area contributed by atoms with E-state index in [0.29, 0.717) is 25.9 Å². The van der Waals surface area contributed by atoms with Crippen molar-refractivity contribution in [3.05, 3.63) is 23.8 Å². The van der Waals surface area contributed by atoms with E-state index in [1.165, 1.54) is 6.42 Å². The third-order valence-electron chi connectivity index (χ3n) is 5.79. The van der Waals surface area contributed by atoms with E-state index < -0.39 is 5.41 Å². The van der Waals surface area contributed by atoms with Crippen molar-refractivity contribution in [2.45, 2.75) is 56.5 Å². The zero-order valence-corrected chi connectivity index (χ0v) is 14.0. The van der Waals surface area contributed by atoms with Gasteiger partial charge in [0.1, 0.15) is 0 Å². The Kier molecular flexibility index (Phi) is 4.12. The summed E-state index contributed by atoms with van der Waals surface area (Å²) < 4.78 is 11.0. The Bertz CT molecular complexity index is 616. The number of aliphatic hydroxyl groups is 1. The number of aliphatic hydroxyl groups excluding tert-OH is 1. The summed E-state index contributed by atoms with van der Waals surface area (Å²) in [6.07, 6.45) is 6.24. The van der Waals surface area contributed by atoms with Gasteiger partial charge in [0.15, 0.2) is 11.5 Å². The number of carbonyl (C=O) groups excluding carboxylic acids is 1. The maximum Gasteiger partial charge on any atom is 0.233 e. The summed E-state index contributed by atoms with van der Waals surface area (Å²) in [5, 5.41) is 9.74. The van der Waals surface area contributed by atoms with Crippen LogP contribution >= 0.6 is 0 Å². The summed E-state index contributed by atoms with van der Waals surface area (Å²) in [4.78, 5) is 15.4. The number of nitrogens with zero attached hydrogens (tertiary/aromatic N) is 1. The molecule has 0 radical (unpaired) electrons. The molecule has 1 aromatic rings. The van der Waals surface area contributed by atoms with E-state index in [-0.39, 0.29) is 18.8 Å². The molecule has 4 rings (SSSR count). The molecule has 1 aliphatic carbocycles. The van der Waals surface area contributed by atoms with Crippen LogP contribution in [0.2, 0.25) is 0 Å². The summed E-state index contributed by atoms with van der Waals surface area (Å²) in [5.74, 6) is 1.74. The zero-order valence-electron chi connectivity index (χ0n) is 14.0. The molecule has 24 heavy (non-hydrogen) atoms. The SMILES string of the molecule is O=C(N1CCC(O)CC1)C1(c2ccc3c(c2)OCO3)CCCCC1. The third kappa shape index (κ3) is 2.65. The van der Waals surface area contributed by atoms with Gasteiger partial charge in [-0.25, -0.2) is 0 Å². The summed E-state index contributed by atoms with van der Waals surface area (Å²) in [7, 11) is 0. The molecular weight excluding hydrogens is 306 g/mol. The lowest BCUT2D eigenvalue weighted by molar-refractivity contribution is -0.141. The average Bonchev–Trinajstić information content (AvgIpc) is 3.10. The molecule has 2 heterocycles. The molecule has 3 aliphatic rings. The Balaban J connectivity index is 1.66. The first kappa shape index (κ1) is 15.8. The number of ether oxygens (including phenoxy) is 2. The fraction of sp³-hybridized carbons (Fsp3) is 0.632. The monoisotopic (exact) mass is 331 g/mol. The van der Waals surface area contributed by atoms with Gasteiger partial charge in [0.05, 0.1) is 11.5 Å². The van der Waals surface area contributed by atoms with E-state index in [4.69, 9.17) is 9.47 Å². The Morgan fingerprint density at radius 2 is 1.79 bits per heavy atom. The summed E-state index contributed by atoms with van der Waals surface area (Å²) in [6, 6.07) is 5.97. The van der Waals surface area contributed by atoms with Gasteiger partial charge in [0, 0.05) is 13.1 Å². The molecule has 1 N–H and O–H groups in total. The topological polar surface area (TPSA) is 59.0 Å². The first-order chi connectivity index (χ1) is 11.7. The second-order valence-electron chi connectivity index (χ2n) is 7.23. The largest absolute Gasteiger partial charge is 0.454 e. The second kappa shape index (κ2) is 6.28. The molecule has 5 heteroatoms. The van der Waals surface area contributed by atoms with Crippen molar-refractivity contribution in [2.24, 2.45) is 0 Å². The molecule has 5 nitrogen and oxygen atoms in total. The van der Waals surface area contributed by atoms with Crippen molar-refractivity contribution in [3.8, 4) is 11.5 Å². The van der Waals surface area contributed by atoms with Gasteiger partial charge in [-0.05, 0) is 43.4 Å². The van der Waals surface area contributed by atoms with Crippen molar-refractivity contribution >= 4 is 5.91 Å². The van der Waals surface area contributed by atoms with Crippen molar-refractivity contribution < 1.29 is 19.4 Å². The van der Waals surface area contributed by atoms with Crippen molar-refractivity contribution in [2.75, 3.05) is 19.9 Å². The number of likely N-dealkylation sites (tertiary alicyclic amines) is 1. The normalized spacial score (nSPS) is 23.3. The van der Waals surface area contributed by atoms with Gasteiger partial charge in [-0.1, -0.05) is 25.3 Å². The van der Waals surface area contributed by atoms with Crippen LogP contribution in [0.3, 0.4) is 0 Å². The number of benzene rings is 1. The third-order valence-corrected chi connectivity index (χ3v) is 5.79. The highest BCUT2D eigenvalue weighted by Gasteiger charge is 2.44. The van der Waals surface area contributed by atoms with Crippen molar-refractivity contribution in [3.63, 3.8) is 0 Å². The van der Waals surface area contributed by atoms with Crippen LogP contribution in [0.4, 0.5) is 0 Å². The summed E-state index contributed by atoms with van der Waals surface area (Å²) in [6.45, 7) is 1.57.